The topological polar surface area (TPSA) is 69.7 Å². The molecule has 3 aromatic rings. The van der Waals surface area contributed by atoms with Crippen LogP contribution >= 0.6 is 0 Å². The first-order valence-corrected chi connectivity index (χ1v) is 9.68. The molecule has 0 saturated carbocycles. The van der Waals surface area contributed by atoms with Crippen LogP contribution in [0.1, 0.15) is 11.1 Å². The highest BCUT2D eigenvalue weighted by Gasteiger charge is 2.28. The number of para-hydroxylation sites is 1. The molecule has 138 valence electrons. The van der Waals surface area contributed by atoms with Crippen molar-refractivity contribution in [2.75, 3.05) is 7.11 Å². The van der Waals surface area contributed by atoms with Crippen molar-refractivity contribution in [3.05, 3.63) is 77.3 Å². The molecule has 3 rings (SSSR count). The Hall–Kier alpha value is -3.11. The van der Waals surface area contributed by atoms with Gasteiger partial charge in [0.2, 0.25) is 0 Å². The van der Waals surface area contributed by atoms with Crippen LogP contribution in [-0.2, 0) is 26.0 Å². The van der Waals surface area contributed by atoms with Gasteiger partial charge in [0.25, 0.3) is 10.0 Å². The van der Waals surface area contributed by atoms with Crippen molar-refractivity contribution in [1.29, 1.82) is 0 Å². The fourth-order valence-electron chi connectivity index (χ4n) is 2.93. The van der Waals surface area contributed by atoms with Gasteiger partial charge in [-0.3, -0.25) is 0 Å². The van der Waals surface area contributed by atoms with Crippen LogP contribution in [0.4, 0.5) is 0 Å². The molecule has 0 unspecified atom stereocenters. The van der Waals surface area contributed by atoms with Crippen molar-refractivity contribution in [3.8, 4) is 0 Å². The van der Waals surface area contributed by atoms with Gasteiger partial charge < -0.3 is 9.58 Å². The zero-order valence-corrected chi connectivity index (χ0v) is 15.7. The first kappa shape index (κ1) is 18.7. The summed E-state index contributed by atoms with van der Waals surface area (Å²) < 4.78 is 32.1. The van der Waals surface area contributed by atoms with Crippen LogP contribution in [0.25, 0.3) is 15.7 Å². The van der Waals surface area contributed by atoms with Gasteiger partial charge in [-0.25, -0.2) is 23.8 Å². The second-order valence-corrected chi connectivity index (χ2v) is 7.97. The highest BCUT2D eigenvalue weighted by molar-refractivity contribution is 7.90. The highest BCUT2D eigenvalue weighted by atomic mass is 32.2. The lowest BCUT2D eigenvalue weighted by atomic mass is 10.1. The number of aromatic nitrogens is 1. The number of ether oxygens (including phenoxy) is 1. The van der Waals surface area contributed by atoms with Gasteiger partial charge in [0, 0.05) is 11.6 Å². The molecule has 0 saturated heterocycles. The lowest BCUT2D eigenvalue weighted by Gasteiger charge is -2.07. The smallest absolute Gasteiger partial charge is 0.390 e. The molecule has 0 fully saturated rings. The number of methoxy groups -OCH3 is 1. The van der Waals surface area contributed by atoms with E-state index in [9.17, 15) is 13.2 Å². The average Bonchev–Trinajstić information content (AvgIpc) is 3.05. The molecule has 1 aromatic heterocycles. The van der Waals surface area contributed by atoms with Crippen molar-refractivity contribution in [3.63, 3.8) is 0 Å². The van der Waals surface area contributed by atoms with Gasteiger partial charge in [0.05, 0.1) is 23.9 Å². The zero-order valence-electron chi connectivity index (χ0n) is 14.9. The number of nitrogens with zero attached hydrogens (tertiary/aromatic N) is 2. The Balaban J connectivity index is 2.14. The predicted octanol–water partition coefficient (Wildman–Crippen LogP) is 3.19. The second-order valence-electron chi connectivity index (χ2n) is 6.16. The Kier molecular flexibility index (Phi) is 5.02. The van der Waals surface area contributed by atoms with E-state index < -0.39 is 22.0 Å². The normalized spacial score (nSPS) is 12.5. The van der Waals surface area contributed by atoms with E-state index >= 15 is 0 Å². The number of hydrogen-bond donors (Lipinski definition) is 0. The molecule has 0 aliphatic rings. The largest absolute Gasteiger partial charge is 0.463 e. The summed E-state index contributed by atoms with van der Waals surface area (Å²) in [6.07, 6.45) is 1.56. The van der Waals surface area contributed by atoms with E-state index in [4.69, 9.17) is 6.57 Å². The molecule has 1 atom stereocenters. The maximum Gasteiger partial charge on any atom is 0.390 e. The van der Waals surface area contributed by atoms with Crippen molar-refractivity contribution >= 4 is 26.9 Å². The van der Waals surface area contributed by atoms with Crippen LogP contribution in [0.15, 0.2) is 59.6 Å². The standard InChI is InChI=1S/C20H18N2O4S/c1-14-8-10-16(11-9-14)27(24,25)22-13-15(12-18(21-2)20(23)26-3)17-6-4-5-7-19(17)22/h4-11,13,18H,12H2,1,3H3/t18-/m0/s1. The molecule has 0 aliphatic heterocycles. The Bertz CT molecular complexity index is 1140. The molecule has 1 heterocycles. The number of carbonyl (C=O) groups excluding carboxylic acids is 1. The third-order valence-electron chi connectivity index (χ3n) is 4.38. The van der Waals surface area contributed by atoms with Crippen LogP contribution in [0, 0.1) is 13.5 Å². The van der Waals surface area contributed by atoms with E-state index in [2.05, 4.69) is 9.58 Å². The maximum absolute atomic E-state index is 13.1. The van der Waals surface area contributed by atoms with Crippen LogP contribution in [0.5, 0.6) is 0 Å². The van der Waals surface area contributed by atoms with E-state index in [1.807, 2.05) is 6.92 Å². The molecular formula is C20H18N2O4S. The summed E-state index contributed by atoms with van der Waals surface area (Å²) in [5.41, 5.74) is 2.07. The Morgan fingerprint density at radius 1 is 1.19 bits per heavy atom. The summed E-state index contributed by atoms with van der Waals surface area (Å²) in [6.45, 7) is 9.12. The first-order valence-electron chi connectivity index (χ1n) is 8.24. The quantitative estimate of drug-likeness (QED) is 0.502. The summed E-state index contributed by atoms with van der Waals surface area (Å²) in [5, 5.41) is 0.686. The van der Waals surface area contributed by atoms with Gasteiger partial charge in [-0.1, -0.05) is 35.9 Å². The molecule has 27 heavy (non-hydrogen) atoms. The summed E-state index contributed by atoms with van der Waals surface area (Å²) >= 11 is 0. The molecule has 0 bridgehead atoms. The van der Waals surface area contributed by atoms with Gasteiger partial charge in [0.15, 0.2) is 0 Å². The molecule has 6 nitrogen and oxygen atoms in total. The van der Waals surface area contributed by atoms with Gasteiger partial charge in [-0.05, 0) is 30.7 Å². The molecule has 0 aliphatic carbocycles. The molecule has 7 heteroatoms. The van der Waals surface area contributed by atoms with Gasteiger partial charge in [-0.2, -0.15) is 0 Å². The molecule has 0 spiro atoms. The fourth-order valence-corrected chi connectivity index (χ4v) is 4.32. The average molecular weight is 382 g/mol. The highest BCUT2D eigenvalue weighted by Crippen LogP contribution is 2.27. The Morgan fingerprint density at radius 3 is 2.48 bits per heavy atom. The number of rotatable bonds is 5. The number of hydrogen-bond acceptors (Lipinski definition) is 4. The van der Waals surface area contributed by atoms with Crippen LogP contribution in [-0.4, -0.2) is 31.5 Å². The molecular weight excluding hydrogens is 364 g/mol. The summed E-state index contributed by atoms with van der Waals surface area (Å²) in [5.74, 6) is -0.636. The third kappa shape index (κ3) is 3.44. The van der Waals surface area contributed by atoms with Crippen LogP contribution in [0.2, 0.25) is 0 Å². The van der Waals surface area contributed by atoms with Crippen molar-refractivity contribution in [2.24, 2.45) is 0 Å². The van der Waals surface area contributed by atoms with Crippen LogP contribution < -0.4 is 0 Å². The van der Waals surface area contributed by atoms with Gasteiger partial charge in [-0.15, -0.1) is 0 Å². The first-order chi connectivity index (χ1) is 12.9. The lowest BCUT2D eigenvalue weighted by molar-refractivity contribution is -0.141. The van der Waals surface area contributed by atoms with E-state index in [0.29, 0.717) is 16.5 Å². The number of fused-ring (bicyclic) bond motifs is 1. The number of carbonyl (C=O) groups is 1. The number of benzene rings is 2. The minimum atomic E-state index is -3.81. The molecule has 0 N–H and O–H groups in total. The van der Waals surface area contributed by atoms with E-state index in [0.717, 1.165) is 5.56 Å². The van der Waals surface area contributed by atoms with E-state index in [-0.39, 0.29) is 11.3 Å². The third-order valence-corrected chi connectivity index (χ3v) is 6.07. The monoisotopic (exact) mass is 382 g/mol. The van der Waals surface area contributed by atoms with E-state index in [1.54, 1.807) is 48.5 Å². The van der Waals surface area contributed by atoms with Crippen LogP contribution in [0.3, 0.4) is 0 Å². The van der Waals surface area contributed by atoms with E-state index in [1.165, 1.54) is 17.3 Å². The Morgan fingerprint density at radius 2 is 1.85 bits per heavy atom. The van der Waals surface area contributed by atoms with Crippen molar-refractivity contribution in [2.45, 2.75) is 24.3 Å². The van der Waals surface area contributed by atoms with Crippen molar-refractivity contribution in [1.82, 2.24) is 3.97 Å². The predicted molar refractivity (Wildman–Crippen MR) is 102 cm³/mol. The van der Waals surface area contributed by atoms with Crippen molar-refractivity contribution < 1.29 is 17.9 Å². The maximum atomic E-state index is 13.1. The molecule has 2 aromatic carbocycles. The molecule has 0 radical (unpaired) electrons. The number of esters is 1. The summed E-state index contributed by atoms with van der Waals surface area (Å²) in [4.78, 5) is 15.3. The van der Waals surface area contributed by atoms with Gasteiger partial charge in [0.1, 0.15) is 0 Å². The Labute approximate surface area is 157 Å². The SMILES string of the molecule is [C-]#[N+][C@@H](Cc1cn(S(=O)(=O)c2ccc(C)cc2)c2ccccc12)C(=O)OC. The minimum Gasteiger partial charge on any atom is -0.463 e. The molecule has 0 amide bonds. The zero-order chi connectivity index (χ0) is 19.6. The summed E-state index contributed by atoms with van der Waals surface area (Å²) in [6, 6.07) is 12.6. The summed E-state index contributed by atoms with van der Waals surface area (Å²) in [7, 11) is -2.58. The lowest BCUT2D eigenvalue weighted by Crippen LogP contribution is -2.21. The fraction of sp³-hybridized carbons (Fsp3) is 0.200. The minimum absolute atomic E-state index is 0.0765. The second kappa shape index (κ2) is 7.25. The van der Waals surface area contributed by atoms with Gasteiger partial charge >= 0.3 is 12.0 Å². The number of aryl methyl sites for hydroxylation is 1.